The zero-order valence-corrected chi connectivity index (χ0v) is 17.2. The summed E-state index contributed by atoms with van der Waals surface area (Å²) in [5.41, 5.74) is 7.59. The Morgan fingerprint density at radius 3 is 2.47 bits per heavy atom. The molecule has 0 radical (unpaired) electrons. The molecule has 0 amide bonds. The molecule has 0 fully saturated rings. The van der Waals surface area contributed by atoms with Gasteiger partial charge in [-0.2, -0.15) is 0 Å². The SMILES string of the molecule is CCCCO[P+](=O)ONCCN.[H-].[H-].[H-].[Na+].[Na+].[Na+]. The maximum absolute atomic E-state index is 10.8. The number of hydrogen-bond donors (Lipinski definition) is 2. The zero-order chi connectivity index (χ0) is 9.23. The van der Waals surface area contributed by atoms with Crippen LogP contribution in [0.25, 0.3) is 0 Å². The summed E-state index contributed by atoms with van der Waals surface area (Å²) in [6.45, 7) is 3.41. The molecule has 3 N–H and O–H groups in total. The van der Waals surface area contributed by atoms with Crippen LogP contribution in [-0.2, 0) is 13.7 Å². The van der Waals surface area contributed by atoms with Gasteiger partial charge in [0.15, 0.2) is 0 Å². The van der Waals surface area contributed by atoms with Crippen molar-refractivity contribution in [3.05, 3.63) is 0 Å². The van der Waals surface area contributed by atoms with E-state index >= 15 is 0 Å². The van der Waals surface area contributed by atoms with Crippen LogP contribution in [0.4, 0.5) is 0 Å². The maximum atomic E-state index is 10.8. The second kappa shape index (κ2) is 22.1. The third-order valence-electron chi connectivity index (χ3n) is 1.08. The molecule has 0 saturated carbocycles. The fourth-order valence-corrected chi connectivity index (χ4v) is 0.995. The molecule has 0 aliphatic carbocycles. The van der Waals surface area contributed by atoms with Crippen molar-refractivity contribution in [3.63, 3.8) is 0 Å². The molecule has 78 valence electrons. The summed E-state index contributed by atoms with van der Waals surface area (Å²) >= 11 is 0. The number of rotatable bonds is 8. The summed E-state index contributed by atoms with van der Waals surface area (Å²) in [5.74, 6) is 0. The van der Waals surface area contributed by atoms with Gasteiger partial charge >= 0.3 is 96.9 Å². The maximum Gasteiger partial charge on any atom is 1.00 e. The Morgan fingerprint density at radius 2 is 2.00 bits per heavy atom. The second-order valence-electron chi connectivity index (χ2n) is 2.18. The Bertz CT molecular complexity index is 134. The number of nitrogens with one attached hydrogen (secondary N) is 1. The second-order valence-corrected chi connectivity index (χ2v) is 3.07. The van der Waals surface area contributed by atoms with E-state index in [0.29, 0.717) is 19.7 Å². The molecule has 0 aliphatic rings. The fraction of sp³-hybridized carbons (Fsp3) is 1.00. The molecule has 0 rings (SSSR count). The van der Waals surface area contributed by atoms with E-state index in [-0.39, 0.29) is 93.0 Å². The molecule has 0 bridgehead atoms. The number of hydroxylamine groups is 1. The van der Waals surface area contributed by atoms with Crippen molar-refractivity contribution in [1.82, 2.24) is 5.48 Å². The van der Waals surface area contributed by atoms with Crippen LogP contribution in [0.3, 0.4) is 0 Å². The molecule has 0 saturated heterocycles. The van der Waals surface area contributed by atoms with Gasteiger partial charge in [-0.05, 0) is 11.0 Å². The minimum absolute atomic E-state index is 0. The van der Waals surface area contributed by atoms with Crippen LogP contribution in [0.15, 0.2) is 0 Å². The predicted molar refractivity (Wildman–Crippen MR) is 49.9 cm³/mol. The Morgan fingerprint density at radius 1 is 1.40 bits per heavy atom. The average molecular weight is 267 g/mol. The molecule has 0 aromatic rings. The first-order chi connectivity index (χ1) is 5.81. The smallest absolute Gasteiger partial charge is 1.00 e. The van der Waals surface area contributed by atoms with Gasteiger partial charge in [0.2, 0.25) is 0 Å². The van der Waals surface area contributed by atoms with Gasteiger partial charge in [-0.3, -0.25) is 0 Å². The number of unbranched alkanes of at least 4 members (excludes halogenated alkanes) is 1. The first-order valence-electron chi connectivity index (χ1n) is 4.01. The van der Waals surface area contributed by atoms with E-state index in [9.17, 15) is 4.57 Å². The van der Waals surface area contributed by atoms with Gasteiger partial charge in [0.05, 0.1) is 0 Å². The number of nitrogens with two attached hydrogens (primary N) is 1. The van der Waals surface area contributed by atoms with Crippen LogP contribution >= 0.6 is 8.25 Å². The van der Waals surface area contributed by atoms with Crippen molar-refractivity contribution in [2.45, 2.75) is 19.8 Å². The van der Waals surface area contributed by atoms with E-state index in [1.165, 1.54) is 0 Å². The summed E-state index contributed by atoms with van der Waals surface area (Å²) in [6, 6.07) is 0. The molecule has 0 spiro atoms. The van der Waals surface area contributed by atoms with Gasteiger partial charge in [0.1, 0.15) is 6.61 Å². The van der Waals surface area contributed by atoms with Gasteiger partial charge in [0, 0.05) is 17.7 Å². The molecular weight excluding hydrogens is 248 g/mol. The fourth-order valence-electron chi connectivity index (χ4n) is 0.467. The Kier molecular flexibility index (Phi) is 39.1. The largest absolute Gasteiger partial charge is 1.00 e. The summed E-state index contributed by atoms with van der Waals surface area (Å²) in [5, 5.41) is 0. The average Bonchev–Trinajstić information content (AvgIpc) is 2.06. The van der Waals surface area contributed by atoms with E-state index in [4.69, 9.17) is 10.3 Å². The number of hydrogen-bond acceptors (Lipinski definition) is 5. The molecule has 1 atom stereocenters. The van der Waals surface area contributed by atoms with Crippen molar-refractivity contribution in [1.29, 1.82) is 0 Å². The molecule has 15 heavy (non-hydrogen) atoms. The minimum Gasteiger partial charge on any atom is -1.00 e. The molecule has 1 unspecified atom stereocenters. The van der Waals surface area contributed by atoms with Crippen LogP contribution in [0.5, 0.6) is 0 Å². The van der Waals surface area contributed by atoms with Crippen molar-refractivity contribution < 1.29 is 107 Å². The standard InChI is InChI=1S/C6H16N2O3P.3Na.3H/c1-2-3-6-10-12(9)11-8-5-4-7;;;;;;/h8H,2-7H2,1H3;;;;;;/q4*+1;3*-1. The Labute approximate surface area is 163 Å². The third-order valence-corrected chi connectivity index (χ3v) is 1.75. The molecule has 0 aliphatic heterocycles. The molecule has 0 aromatic carbocycles. The Hall–Kier alpha value is 2.94. The van der Waals surface area contributed by atoms with E-state index in [0.717, 1.165) is 12.8 Å². The zero-order valence-electron chi connectivity index (χ0n) is 13.3. The van der Waals surface area contributed by atoms with Gasteiger partial charge in [-0.25, -0.2) is 0 Å². The van der Waals surface area contributed by atoms with E-state index in [2.05, 4.69) is 10.1 Å². The van der Waals surface area contributed by atoms with Crippen LogP contribution in [0, 0.1) is 0 Å². The first-order valence-corrected chi connectivity index (χ1v) is 5.10. The van der Waals surface area contributed by atoms with Gasteiger partial charge in [-0.15, -0.1) is 10.0 Å². The first kappa shape index (κ1) is 26.5. The monoisotopic (exact) mass is 267 g/mol. The van der Waals surface area contributed by atoms with E-state index < -0.39 is 8.25 Å². The van der Waals surface area contributed by atoms with Crippen LogP contribution in [-0.4, -0.2) is 19.7 Å². The van der Waals surface area contributed by atoms with Gasteiger partial charge < -0.3 is 10.0 Å². The molecule has 0 heterocycles. The quantitative estimate of drug-likeness (QED) is 0.198. The minimum atomic E-state index is -2.02. The summed E-state index contributed by atoms with van der Waals surface area (Å²) in [7, 11) is -2.02. The summed E-state index contributed by atoms with van der Waals surface area (Å²) in [4.78, 5) is 0. The van der Waals surface area contributed by atoms with Gasteiger partial charge in [-0.1, -0.05) is 13.3 Å². The molecule has 5 nitrogen and oxygen atoms in total. The molecule has 9 heteroatoms. The van der Waals surface area contributed by atoms with Crippen molar-refractivity contribution >= 4 is 8.25 Å². The van der Waals surface area contributed by atoms with Crippen LogP contribution in [0.2, 0.25) is 0 Å². The molecule has 0 aromatic heterocycles. The van der Waals surface area contributed by atoms with Crippen LogP contribution in [0.1, 0.15) is 24.0 Å². The predicted octanol–water partition coefficient (Wildman–Crippen LogP) is -7.71. The Balaban J connectivity index is -0.0000000403. The van der Waals surface area contributed by atoms with Crippen molar-refractivity contribution in [2.75, 3.05) is 19.7 Å². The van der Waals surface area contributed by atoms with E-state index in [1.54, 1.807) is 0 Å². The topological polar surface area (TPSA) is 73.6 Å². The van der Waals surface area contributed by atoms with E-state index in [1.807, 2.05) is 6.92 Å². The van der Waals surface area contributed by atoms with Crippen molar-refractivity contribution in [2.24, 2.45) is 5.73 Å². The third kappa shape index (κ3) is 22.6. The summed E-state index contributed by atoms with van der Waals surface area (Å²) < 4.78 is 20.2. The normalized spacial score (nSPS) is 9.33. The van der Waals surface area contributed by atoms with Crippen LogP contribution < -0.4 is 99.9 Å². The summed E-state index contributed by atoms with van der Waals surface area (Å²) in [6.07, 6.45) is 1.90. The molecular formula is C6H19N2Na3O3P+. The van der Waals surface area contributed by atoms with Gasteiger partial charge in [0.25, 0.3) is 0 Å². The van der Waals surface area contributed by atoms with Crippen molar-refractivity contribution in [3.8, 4) is 0 Å².